The first-order valence-electron chi connectivity index (χ1n) is 8.85. The molecule has 0 bridgehead atoms. The molecule has 2 heterocycles. The molecule has 2 N–H and O–H groups in total. The lowest BCUT2D eigenvalue weighted by atomic mass is 9.80. The van der Waals surface area contributed by atoms with Gasteiger partial charge in [-0.05, 0) is 41.7 Å². The maximum atomic E-state index is 13.8. The molecule has 146 valence electrons. The molecule has 2 aromatic heterocycles. The summed E-state index contributed by atoms with van der Waals surface area (Å²) in [5.74, 6) is -0.0761. The quantitative estimate of drug-likeness (QED) is 0.807. The number of nitrogens with zero attached hydrogens (tertiary/aromatic N) is 4. The van der Waals surface area contributed by atoms with Crippen LogP contribution in [0.15, 0.2) is 24.5 Å². The first kappa shape index (κ1) is 19.4. The number of allylic oxidation sites excluding steroid dienone is 2. The Morgan fingerprint density at radius 2 is 1.70 bits per heavy atom. The maximum Gasteiger partial charge on any atom is 0.435 e. The third kappa shape index (κ3) is 3.99. The average Bonchev–Trinajstić information content (AvgIpc) is 2.85. The molecule has 2 aromatic rings. The van der Waals surface area contributed by atoms with Gasteiger partial charge in [0.25, 0.3) is 5.95 Å². The lowest BCUT2D eigenvalue weighted by molar-refractivity contribution is -0.141. The van der Waals surface area contributed by atoms with Crippen molar-refractivity contribution >= 4 is 11.4 Å². The van der Waals surface area contributed by atoms with Crippen molar-refractivity contribution in [2.24, 2.45) is 10.8 Å². The number of nitrogen functional groups attached to an aromatic ring is 1. The predicted octanol–water partition coefficient (Wildman–Crippen LogP) is 4.88. The van der Waals surface area contributed by atoms with E-state index in [1.165, 1.54) is 12.4 Å². The number of nitrogens with two attached hydrogens (primary N) is 1. The normalized spacial score (nSPS) is 19.4. The van der Waals surface area contributed by atoms with E-state index in [1.807, 2.05) is 19.9 Å². The number of alkyl halides is 3. The Hall–Kier alpha value is -2.38. The predicted molar refractivity (Wildman–Crippen MR) is 98.0 cm³/mol. The van der Waals surface area contributed by atoms with E-state index in [9.17, 15) is 13.2 Å². The van der Waals surface area contributed by atoms with Gasteiger partial charge in [-0.1, -0.05) is 33.8 Å². The molecule has 0 saturated carbocycles. The minimum absolute atomic E-state index is 0.0134. The van der Waals surface area contributed by atoms with E-state index >= 15 is 0 Å². The molecule has 27 heavy (non-hydrogen) atoms. The molecule has 0 atom stereocenters. The van der Waals surface area contributed by atoms with Gasteiger partial charge < -0.3 is 5.73 Å². The molecule has 5 nitrogen and oxygen atoms in total. The van der Waals surface area contributed by atoms with Crippen LogP contribution in [0.5, 0.6) is 0 Å². The van der Waals surface area contributed by atoms with E-state index in [2.05, 4.69) is 28.9 Å². The highest BCUT2D eigenvalue weighted by Crippen LogP contribution is 2.48. The summed E-state index contributed by atoms with van der Waals surface area (Å²) in [6.07, 6.45) is 2.45. The molecule has 1 aliphatic carbocycles. The Kier molecular flexibility index (Phi) is 4.56. The summed E-state index contributed by atoms with van der Waals surface area (Å²) < 4.78 is 42.4. The SMILES string of the molecule is CC1(C)C=C(c2c(C(F)(F)F)nn(-c3ncccn3)c2N)CC(C)(C)CC1. The lowest BCUT2D eigenvalue weighted by Crippen LogP contribution is -2.14. The van der Waals surface area contributed by atoms with Gasteiger partial charge in [-0.2, -0.15) is 23.0 Å². The third-order valence-electron chi connectivity index (χ3n) is 4.93. The zero-order chi connectivity index (χ0) is 20.0. The van der Waals surface area contributed by atoms with Gasteiger partial charge in [0.2, 0.25) is 0 Å². The molecule has 0 fully saturated rings. The second-order valence-corrected chi connectivity index (χ2v) is 8.57. The standard InChI is InChI=1S/C19H24F3N5/c1-17(2)6-7-18(3,4)11-12(10-17)13-14(19(20,21)22)26-27(15(13)23)16-24-8-5-9-25-16/h5,8-10H,6-7,11,23H2,1-4H3. The fourth-order valence-electron chi connectivity index (χ4n) is 3.52. The molecule has 0 amide bonds. The highest BCUT2D eigenvalue weighted by atomic mass is 19.4. The fourth-order valence-corrected chi connectivity index (χ4v) is 3.52. The van der Waals surface area contributed by atoms with Crippen molar-refractivity contribution < 1.29 is 13.2 Å². The van der Waals surface area contributed by atoms with Crippen molar-refractivity contribution in [3.05, 3.63) is 35.8 Å². The summed E-state index contributed by atoms with van der Waals surface area (Å²) >= 11 is 0. The largest absolute Gasteiger partial charge is 0.435 e. The van der Waals surface area contributed by atoms with Gasteiger partial charge in [-0.15, -0.1) is 0 Å². The maximum absolute atomic E-state index is 13.8. The van der Waals surface area contributed by atoms with E-state index in [1.54, 1.807) is 6.07 Å². The first-order valence-corrected chi connectivity index (χ1v) is 8.85. The molecule has 0 aliphatic heterocycles. The van der Waals surface area contributed by atoms with Gasteiger partial charge in [-0.25, -0.2) is 9.97 Å². The van der Waals surface area contributed by atoms with Crippen molar-refractivity contribution in [2.45, 2.75) is 53.1 Å². The smallest absolute Gasteiger partial charge is 0.383 e. The molecule has 8 heteroatoms. The summed E-state index contributed by atoms with van der Waals surface area (Å²) in [7, 11) is 0. The minimum Gasteiger partial charge on any atom is -0.383 e. The van der Waals surface area contributed by atoms with E-state index in [4.69, 9.17) is 5.73 Å². The van der Waals surface area contributed by atoms with E-state index in [0.717, 1.165) is 17.5 Å². The average molecular weight is 379 g/mol. The van der Waals surface area contributed by atoms with Gasteiger partial charge in [0.1, 0.15) is 5.82 Å². The summed E-state index contributed by atoms with van der Waals surface area (Å²) in [4.78, 5) is 7.98. The van der Waals surface area contributed by atoms with Crippen LogP contribution < -0.4 is 5.73 Å². The van der Waals surface area contributed by atoms with Crippen molar-refractivity contribution in [1.82, 2.24) is 19.7 Å². The Labute approximate surface area is 156 Å². The van der Waals surface area contributed by atoms with Crippen molar-refractivity contribution in [1.29, 1.82) is 0 Å². The fraction of sp³-hybridized carbons (Fsp3) is 0.526. The Bertz CT molecular complexity index is 863. The van der Waals surface area contributed by atoms with E-state index in [-0.39, 0.29) is 28.2 Å². The van der Waals surface area contributed by atoms with Crippen LogP contribution in [0.4, 0.5) is 19.0 Å². The molecular formula is C19H24F3N5. The number of halogens is 3. The van der Waals surface area contributed by atoms with Crippen LogP contribution in [0, 0.1) is 10.8 Å². The third-order valence-corrected chi connectivity index (χ3v) is 4.93. The van der Waals surface area contributed by atoms with E-state index in [0.29, 0.717) is 12.0 Å². The highest BCUT2D eigenvalue weighted by Gasteiger charge is 2.42. The minimum atomic E-state index is -4.63. The lowest BCUT2D eigenvalue weighted by Gasteiger charge is -2.25. The van der Waals surface area contributed by atoms with Crippen molar-refractivity contribution in [2.75, 3.05) is 5.73 Å². The molecule has 0 saturated heterocycles. The summed E-state index contributed by atoms with van der Waals surface area (Å²) in [5.41, 5.74) is 5.33. The Morgan fingerprint density at radius 3 is 2.30 bits per heavy atom. The topological polar surface area (TPSA) is 69.6 Å². The van der Waals surface area contributed by atoms with Crippen LogP contribution in [0.3, 0.4) is 0 Å². The Balaban J connectivity index is 2.25. The highest BCUT2D eigenvalue weighted by molar-refractivity contribution is 5.77. The molecule has 0 unspecified atom stereocenters. The molecule has 0 radical (unpaired) electrons. The van der Waals surface area contributed by atoms with Crippen LogP contribution in [-0.2, 0) is 6.18 Å². The van der Waals surface area contributed by atoms with Crippen LogP contribution in [0.25, 0.3) is 11.5 Å². The van der Waals surface area contributed by atoms with Gasteiger partial charge >= 0.3 is 6.18 Å². The number of aromatic nitrogens is 4. The summed E-state index contributed by atoms with van der Waals surface area (Å²) in [6.45, 7) is 8.19. The molecule has 1 aliphatic rings. The van der Waals surface area contributed by atoms with Crippen LogP contribution >= 0.6 is 0 Å². The van der Waals surface area contributed by atoms with Gasteiger partial charge in [0, 0.05) is 12.4 Å². The van der Waals surface area contributed by atoms with Crippen molar-refractivity contribution in [3.8, 4) is 5.95 Å². The summed E-state index contributed by atoms with van der Waals surface area (Å²) in [6, 6.07) is 1.58. The number of anilines is 1. The summed E-state index contributed by atoms with van der Waals surface area (Å²) in [5, 5.41) is 3.75. The second kappa shape index (κ2) is 6.35. The Morgan fingerprint density at radius 1 is 1.07 bits per heavy atom. The van der Waals surface area contributed by atoms with Gasteiger partial charge in [0.15, 0.2) is 5.69 Å². The van der Waals surface area contributed by atoms with Crippen molar-refractivity contribution in [3.63, 3.8) is 0 Å². The molecule has 3 rings (SSSR count). The number of rotatable bonds is 2. The molecule has 0 aromatic carbocycles. The number of hydrogen-bond acceptors (Lipinski definition) is 4. The molecule has 0 spiro atoms. The van der Waals surface area contributed by atoms with E-state index < -0.39 is 11.9 Å². The van der Waals surface area contributed by atoms with Crippen LogP contribution in [-0.4, -0.2) is 19.7 Å². The van der Waals surface area contributed by atoms with Gasteiger partial charge in [-0.3, -0.25) is 0 Å². The zero-order valence-electron chi connectivity index (χ0n) is 15.9. The first-order chi connectivity index (χ1) is 12.4. The number of hydrogen-bond donors (Lipinski definition) is 1. The van der Waals surface area contributed by atoms with Crippen LogP contribution in [0.1, 0.15) is 58.2 Å². The second-order valence-electron chi connectivity index (χ2n) is 8.57. The van der Waals surface area contributed by atoms with Crippen LogP contribution in [0.2, 0.25) is 0 Å². The van der Waals surface area contributed by atoms with Gasteiger partial charge in [0.05, 0.1) is 5.56 Å². The monoisotopic (exact) mass is 379 g/mol. The molecular weight excluding hydrogens is 355 g/mol. The zero-order valence-corrected chi connectivity index (χ0v) is 15.9.